The molecule has 0 unspecified atom stereocenters. The van der Waals surface area contributed by atoms with Crippen LogP contribution in [0, 0.1) is 5.92 Å². The molecule has 2 aromatic carbocycles. The average molecular weight is 282 g/mol. The molecule has 108 valence electrons. The minimum absolute atomic E-state index is 0.302. The zero-order chi connectivity index (χ0) is 15.1. The van der Waals surface area contributed by atoms with E-state index in [1.54, 1.807) is 6.08 Å². The van der Waals surface area contributed by atoms with Crippen molar-refractivity contribution in [3.63, 3.8) is 0 Å². The van der Waals surface area contributed by atoms with E-state index in [1.807, 2.05) is 60.7 Å². The fourth-order valence-electron chi connectivity index (χ4n) is 2.13. The molecule has 3 nitrogen and oxygen atoms in total. The SMILES string of the molecule is O=C(O)[C@@H](Cc1ccccc1)[C@@H](O)/C=C/c1ccccc1. The van der Waals surface area contributed by atoms with Crippen LogP contribution in [0.25, 0.3) is 6.08 Å². The van der Waals surface area contributed by atoms with E-state index in [-0.39, 0.29) is 0 Å². The highest BCUT2D eigenvalue weighted by Crippen LogP contribution is 2.15. The third kappa shape index (κ3) is 4.58. The van der Waals surface area contributed by atoms with Crippen LogP contribution in [0.15, 0.2) is 66.7 Å². The number of benzene rings is 2. The number of rotatable bonds is 6. The first-order valence-electron chi connectivity index (χ1n) is 6.85. The Bertz CT molecular complexity index is 590. The number of carboxylic acid groups (broad SMARTS) is 1. The second kappa shape index (κ2) is 7.41. The Kier molecular flexibility index (Phi) is 5.29. The lowest BCUT2D eigenvalue weighted by Crippen LogP contribution is -2.28. The molecule has 2 atom stereocenters. The van der Waals surface area contributed by atoms with E-state index >= 15 is 0 Å². The van der Waals surface area contributed by atoms with Crippen LogP contribution in [0.3, 0.4) is 0 Å². The highest BCUT2D eigenvalue weighted by Gasteiger charge is 2.24. The first-order valence-corrected chi connectivity index (χ1v) is 6.85. The minimum Gasteiger partial charge on any atom is -0.481 e. The number of hydrogen-bond acceptors (Lipinski definition) is 2. The maximum atomic E-state index is 11.4. The van der Waals surface area contributed by atoms with Crippen LogP contribution in [0.1, 0.15) is 11.1 Å². The molecule has 0 heterocycles. The van der Waals surface area contributed by atoms with E-state index in [4.69, 9.17) is 0 Å². The van der Waals surface area contributed by atoms with Crippen molar-refractivity contribution in [2.24, 2.45) is 5.92 Å². The predicted molar refractivity (Wildman–Crippen MR) is 82.8 cm³/mol. The summed E-state index contributed by atoms with van der Waals surface area (Å²) in [5.41, 5.74) is 1.83. The predicted octanol–water partition coefficient (Wildman–Crippen LogP) is 3.00. The summed E-state index contributed by atoms with van der Waals surface area (Å²) in [6.45, 7) is 0. The highest BCUT2D eigenvalue weighted by molar-refractivity contribution is 5.72. The van der Waals surface area contributed by atoms with E-state index in [0.29, 0.717) is 6.42 Å². The van der Waals surface area contributed by atoms with Crippen LogP contribution in [-0.2, 0) is 11.2 Å². The summed E-state index contributed by atoms with van der Waals surface area (Å²) in [7, 11) is 0. The van der Waals surface area contributed by atoms with E-state index in [0.717, 1.165) is 11.1 Å². The lowest BCUT2D eigenvalue weighted by Gasteiger charge is -2.16. The molecule has 0 aliphatic rings. The first kappa shape index (κ1) is 15.0. The van der Waals surface area contributed by atoms with Crippen molar-refractivity contribution < 1.29 is 15.0 Å². The van der Waals surface area contributed by atoms with Gasteiger partial charge in [-0.1, -0.05) is 72.8 Å². The van der Waals surface area contributed by atoms with Crippen LogP contribution >= 0.6 is 0 Å². The second-order valence-electron chi connectivity index (χ2n) is 4.89. The lowest BCUT2D eigenvalue weighted by atomic mass is 9.93. The maximum Gasteiger partial charge on any atom is 0.309 e. The first-order chi connectivity index (χ1) is 10.2. The average Bonchev–Trinajstić information content (AvgIpc) is 2.52. The number of carbonyl (C=O) groups is 1. The molecule has 0 saturated carbocycles. The van der Waals surface area contributed by atoms with Gasteiger partial charge in [0.1, 0.15) is 0 Å². The monoisotopic (exact) mass is 282 g/mol. The molecule has 0 aliphatic heterocycles. The van der Waals surface area contributed by atoms with Crippen LogP contribution in [0.4, 0.5) is 0 Å². The largest absolute Gasteiger partial charge is 0.481 e. The third-order valence-electron chi connectivity index (χ3n) is 3.31. The third-order valence-corrected chi connectivity index (χ3v) is 3.31. The summed E-state index contributed by atoms with van der Waals surface area (Å²) in [5.74, 6) is -1.85. The summed E-state index contributed by atoms with van der Waals surface area (Å²) in [4.78, 5) is 11.4. The summed E-state index contributed by atoms with van der Waals surface area (Å²) in [5, 5.41) is 19.4. The van der Waals surface area contributed by atoms with Crippen molar-refractivity contribution in [3.05, 3.63) is 77.9 Å². The van der Waals surface area contributed by atoms with Crippen LogP contribution in [0.2, 0.25) is 0 Å². The molecule has 0 fully saturated rings. The van der Waals surface area contributed by atoms with E-state index in [1.165, 1.54) is 6.08 Å². The van der Waals surface area contributed by atoms with E-state index in [2.05, 4.69) is 0 Å². The molecule has 0 amide bonds. The fourth-order valence-corrected chi connectivity index (χ4v) is 2.13. The smallest absolute Gasteiger partial charge is 0.309 e. The van der Waals surface area contributed by atoms with Crippen molar-refractivity contribution in [1.82, 2.24) is 0 Å². The van der Waals surface area contributed by atoms with Gasteiger partial charge in [-0.05, 0) is 17.5 Å². The molecule has 2 N–H and O–H groups in total. The Balaban J connectivity index is 2.07. The zero-order valence-electron chi connectivity index (χ0n) is 11.6. The Labute approximate surface area is 124 Å². The summed E-state index contributed by atoms with van der Waals surface area (Å²) >= 11 is 0. The Morgan fingerprint density at radius 3 is 2.14 bits per heavy atom. The molecule has 3 heteroatoms. The van der Waals surface area contributed by atoms with Gasteiger partial charge >= 0.3 is 5.97 Å². The summed E-state index contributed by atoms with van der Waals surface area (Å²) < 4.78 is 0. The Morgan fingerprint density at radius 2 is 1.57 bits per heavy atom. The van der Waals surface area contributed by atoms with Gasteiger partial charge in [0.15, 0.2) is 0 Å². The van der Waals surface area contributed by atoms with Crippen molar-refractivity contribution in [2.75, 3.05) is 0 Å². The van der Waals surface area contributed by atoms with Gasteiger partial charge in [-0.15, -0.1) is 0 Å². The topological polar surface area (TPSA) is 57.5 Å². The van der Waals surface area contributed by atoms with Gasteiger partial charge < -0.3 is 10.2 Å². The van der Waals surface area contributed by atoms with Crippen molar-refractivity contribution in [3.8, 4) is 0 Å². The lowest BCUT2D eigenvalue weighted by molar-refractivity contribution is -0.144. The standard InChI is InChI=1S/C18H18O3/c19-17(12-11-14-7-3-1-4-8-14)16(18(20)21)13-15-9-5-2-6-10-15/h1-12,16-17,19H,13H2,(H,20,21)/b12-11+/t16-,17-/m0/s1. The van der Waals surface area contributed by atoms with Crippen molar-refractivity contribution in [2.45, 2.75) is 12.5 Å². The number of aliphatic hydroxyl groups excluding tert-OH is 1. The molecule has 0 spiro atoms. The number of hydrogen-bond donors (Lipinski definition) is 2. The van der Waals surface area contributed by atoms with Crippen LogP contribution < -0.4 is 0 Å². The Morgan fingerprint density at radius 1 is 1.00 bits per heavy atom. The highest BCUT2D eigenvalue weighted by atomic mass is 16.4. The number of aliphatic carboxylic acids is 1. The minimum atomic E-state index is -1.03. The van der Waals surface area contributed by atoms with Gasteiger partial charge in [-0.3, -0.25) is 4.79 Å². The maximum absolute atomic E-state index is 11.4. The number of aliphatic hydroxyl groups is 1. The molecular formula is C18H18O3. The van der Waals surface area contributed by atoms with Gasteiger partial charge in [0, 0.05) is 0 Å². The molecule has 0 aromatic heterocycles. The molecule has 0 radical (unpaired) electrons. The van der Waals surface area contributed by atoms with E-state index in [9.17, 15) is 15.0 Å². The van der Waals surface area contributed by atoms with E-state index < -0.39 is 18.0 Å². The summed E-state index contributed by atoms with van der Waals surface area (Å²) in [6, 6.07) is 18.8. The van der Waals surface area contributed by atoms with Gasteiger partial charge in [0.05, 0.1) is 12.0 Å². The molecule has 0 bridgehead atoms. The van der Waals surface area contributed by atoms with Gasteiger partial charge in [0.2, 0.25) is 0 Å². The molecule has 0 aliphatic carbocycles. The van der Waals surface area contributed by atoms with Gasteiger partial charge in [0.25, 0.3) is 0 Å². The summed E-state index contributed by atoms with van der Waals surface area (Å²) in [6.07, 6.45) is 2.56. The molecular weight excluding hydrogens is 264 g/mol. The molecule has 21 heavy (non-hydrogen) atoms. The normalized spacial score (nSPS) is 14.0. The second-order valence-corrected chi connectivity index (χ2v) is 4.89. The molecule has 2 aromatic rings. The fraction of sp³-hybridized carbons (Fsp3) is 0.167. The van der Waals surface area contributed by atoms with Gasteiger partial charge in [-0.25, -0.2) is 0 Å². The van der Waals surface area contributed by atoms with Gasteiger partial charge in [-0.2, -0.15) is 0 Å². The van der Waals surface area contributed by atoms with Crippen LogP contribution in [-0.4, -0.2) is 22.3 Å². The van der Waals surface area contributed by atoms with Crippen LogP contribution in [0.5, 0.6) is 0 Å². The quantitative estimate of drug-likeness (QED) is 0.856. The zero-order valence-corrected chi connectivity index (χ0v) is 11.6. The number of carboxylic acids is 1. The van der Waals surface area contributed by atoms with Crippen molar-refractivity contribution in [1.29, 1.82) is 0 Å². The van der Waals surface area contributed by atoms with Crippen molar-refractivity contribution >= 4 is 12.0 Å². The molecule has 2 rings (SSSR count). The molecule has 0 saturated heterocycles. The Hall–Kier alpha value is -2.39.